The molecule has 1 aromatic rings. The molecule has 0 bridgehead atoms. The Morgan fingerprint density at radius 2 is 2.05 bits per heavy atom. The highest BCUT2D eigenvalue weighted by molar-refractivity contribution is 9.11. The van der Waals surface area contributed by atoms with Gasteiger partial charge in [0.15, 0.2) is 0 Å². The fourth-order valence-electron chi connectivity index (χ4n) is 2.43. The molecular weight excluding hydrogens is 424 g/mol. The topological polar surface area (TPSA) is 66.5 Å². The van der Waals surface area contributed by atoms with E-state index in [1.807, 2.05) is 0 Å². The van der Waals surface area contributed by atoms with Crippen LogP contribution in [0.5, 0.6) is 0 Å². The number of hydrogen-bond acceptors (Lipinski definition) is 3. The molecule has 1 N–H and O–H groups in total. The summed E-state index contributed by atoms with van der Waals surface area (Å²) in [6.45, 7) is 2.32. The number of carbonyl (C=O) groups excluding carboxylic acids is 1. The maximum Gasteiger partial charge on any atom is 0.244 e. The molecule has 1 aliphatic heterocycles. The third kappa shape index (κ3) is 3.18. The largest absolute Gasteiger partial charge is 0.359 e. The van der Waals surface area contributed by atoms with E-state index in [0.717, 1.165) is 4.47 Å². The fourth-order valence-corrected chi connectivity index (χ4v) is 5.71. The number of nitrogens with one attached hydrogen (secondary N) is 1. The highest BCUT2D eigenvalue weighted by atomic mass is 79.9. The Bertz CT molecular complexity index is 678. The Labute approximate surface area is 141 Å². The molecular formula is C13H16Br2N2O3S. The summed E-state index contributed by atoms with van der Waals surface area (Å²) in [6, 6.07) is 4.94. The zero-order chi connectivity index (χ0) is 15.8. The number of carbonyl (C=O) groups is 1. The van der Waals surface area contributed by atoms with Crippen LogP contribution in [0.2, 0.25) is 0 Å². The number of sulfonamides is 1. The van der Waals surface area contributed by atoms with Crippen LogP contribution in [-0.2, 0) is 14.8 Å². The van der Waals surface area contributed by atoms with Crippen LogP contribution in [0.25, 0.3) is 0 Å². The summed E-state index contributed by atoms with van der Waals surface area (Å²) in [5.41, 5.74) is -0.677. The van der Waals surface area contributed by atoms with Crippen molar-refractivity contribution in [2.75, 3.05) is 20.1 Å². The molecule has 0 spiro atoms. The normalized spacial score (nSPS) is 23.2. The lowest BCUT2D eigenvalue weighted by Crippen LogP contribution is -2.40. The van der Waals surface area contributed by atoms with Crippen molar-refractivity contribution in [2.24, 2.45) is 5.41 Å². The lowest BCUT2D eigenvalue weighted by Gasteiger charge is -2.23. The Kier molecular flexibility index (Phi) is 4.82. The van der Waals surface area contributed by atoms with Crippen molar-refractivity contribution in [3.63, 3.8) is 0 Å². The van der Waals surface area contributed by atoms with Gasteiger partial charge in [0.2, 0.25) is 15.9 Å². The second-order valence-corrected chi connectivity index (χ2v) is 8.98. The van der Waals surface area contributed by atoms with E-state index in [4.69, 9.17) is 0 Å². The van der Waals surface area contributed by atoms with Gasteiger partial charge in [0.05, 0.1) is 10.3 Å². The lowest BCUT2D eigenvalue weighted by molar-refractivity contribution is -0.128. The molecule has 1 fully saturated rings. The number of benzene rings is 1. The Balaban J connectivity index is 2.32. The summed E-state index contributed by atoms with van der Waals surface area (Å²) in [7, 11) is -2.05. The summed E-state index contributed by atoms with van der Waals surface area (Å²) in [5, 5.41) is 2.60. The molecule has 2 rings (SSSR count). The summed E-state index contributed by atoms with van der Waals surface area (Å²) in [6.07, 6.45) is 0.514. The maximum atomic E-state index is 12.7. The quantitative estimate of drug-likeness (QED) is 0.785. The SMILES string of the molecule is CNC(=O)C1(C)CCN(S(=O)(=O)c2ccc(Br)cc2Br)C1. The minimum atomic E-state index is -3.61. The molecule has 1 unspecified atom stereocenters. The molecule has 21 heavy (non-hydrogen) atoms. The molecule has 0 radical (unpaired) electrons. The van der Waals surface area contributed by atoms with E-state index in [0.29, 0.717) is 17.4 Å². The molecule has 1 aliphatic rings. The monoisotopic (exact) mass is 438 g/mol. The van der Waals surface area contributed by atoms with E-state index in [2.05, 4.69) is 37.2 Å². The first-order chi connectivity index (χ1) is 9.70. The van der Waals surface area contributed by atoms with Crippen molar-refractivity contribution in [1.82, 2.24) is 9.62 Å². The van der Waals surface area contributed by atoms with E-state index in [9.17, 15) is 13.2 Å². The molecule has 116 valence electrons. The molecule has 8 heteroatoms. The van der Waals surface area contributed by atoms with Crippen LogP contribution in [0, 0.1) is 5.41 Å². The van der Waals surface area contributed by atoms with Crippen molar-refractivity contribution >= 4 is 47.8 Å². The molecule has 1 aromatic carbocycles. The first-order valence-electron chi connectivity index (χ1n) is 6.38. The van der Waals surface area contributed by atoms with Gasteiger partial charge < -0.3 is 5.32 Å². The molecule has 1 amide bonds. The summed E-state index contributed by atoms with van der Waals surface area (Å²) in [5.74, 6) is -0.130. The Morgan fingerprint density at radius 1 is 1.38 bits per heavy atom. The van der Waals surface area contributed by atoms with Crippen LogP contribution in [0.15, 0.2) is 32.0 Å². The van der Waals surface area contributed by atoms with Gasteiger partial charge >= 0.3 is 0 Å². The second kappa shape index (κ2) is 5.98. The molecule has 1 atom stereocenters. The Morgan fingerprint density at radius 3 is 2.62 bits per heavy atom. The zero-order valence-electron chi connectivity index (χ0n) is 11.7. The number of nitrogens with zero attached hydrogens (tertiary/aromatic N) is 1. The highest BCUT2D eigenvalue weighted by Gasteiger charge is 2.44. The second-order valence-electron chi connectivity index (χ2n) is 5.30. The minimum Gasteiger partial charge on any atom is -0.359 e. The Hall–Kier alpha value is -0.440. The molecule has 1 heterocycles. The van der Waals surface area contributed by atoms with E-state index >= 15 is 0 Å². The highest BCUT2D eigenvalue weighted by Crippen LogP contribution is 2.36. The van der Waals surface area contributed by atoms with Gasteiger partial charge in [-0.25, -0.2) is 8.42 Å². The minimum absolute atomic E-state index is 0.130. The van der Waals surface area contributed by atoms with Gasteiger partial charge in [0, 0.05) is 29.1 Å². The average Bonchev–Trinajstić information content (AvgIpc) is 2.82. The number of amides is 1. The van der Waals surface area contributed by atoms with Gasteiger partial charge in [-0.2, -0.15) is 4.31 Å². The van der Waals surface area contributed by atoms with Gasteiger partial charge in [0.1, 0.15) is 0 Å². The lowest BCUT2D eigenvalue weighted by atomic mass is 9.89. The molecule has 0 aromatic heterocycles. The third-order valence-corrected chi connectivity index (χ3v) is 7.04. The van der Waals surface area contributed by atoms with Crippen molar-refractivity contribution in [1.29, 1.82) is 0 Å². The van der Waals surface area contributed by atoms with Crippen molar-refractivity contribution in [3.05, 3.63) is 27.1 Å². The molecule has 1 saturated heterocycles. The smallest absolute Gasteiger partial charge is 0.244 e. The summed E-state index contributed by atoms with van der Waals surface area (Å²) in [4.78, 5) is 12.1. The first kappa shape index (κ1) is 16.9. The number of rotatable bonds is 3. The third-order valence-electron chi connectivity index (χ3n) is 3.73. The zero-order valence-corrected chi connectivity index (χ0v) is 15.7. The summed E-state index contributed by atoms with van der Waals surface area (Å²) >= 11 is 6.59. The van der Waals surface area contributed by atoms with E-state index < -0.39 is 15.4 Å². The summed E-state index contributed by atoms with van der Waals surface area (Å²) < 4.78 is 28.1. The van der Waals surface area contributed by atoms with Crippen molar-refractivity contribution in [3.8, 4) is 0 Å². The van der Waals surface area contributed by atoms with E-state index in [1.54, 1.807) is 32.2 Å². The fraction of sp³-hybridized carbons (Fsp3) is 0.462. The van der Waals surface area contributed by atoms with Crippen LogP contribution >= 0.6 is 31.9 Å². The van der Waals surface area contributed by atoms with Crippen molar-refractivity contribution in [2.45, 2.75) is 18.2 Å². The maximum absolute atomic E-state index is 12.7. The van der Waals surface area contributed by atoms with Crippen LogP contribution in [0.3, 0.4) is 0 Å². The van der Waals surface area contributed by atoms with Gasteiger partial charge in [0.25, 0.3) is 0 Å². The molecule has 0 saturated carbocycles. The van der Waals surface area contributed by atoms with Gasteiger partial charge in [-0.15, -0.1) is 0 Å². The first-order valence-corrected chi connectivity index (χ1v) is 9.41. The van der Waals surface area contributed by atoms with Gasteiger partial charge in [-0.05, 0) is 47.5 Å². The van der Waals surface area contributed by atoms with Gasteiger partial charge in [-0.1, -0.05) is 15.9 Å². The average molecular weight is 440 g/mol. The van der Waals surface area contributed by atoms with Crippen LogP contribution in [0.1, 0.15) is 13.3 Å². The van der Waals surface area contributed by atoms with Crippen molar-refractivity contribution < 1.29 is 13.2 Å². The van der Waals surface area contributed by atoms with Gasteiger partial charge in [-0.3, -0.25) is 4.79 Å². The predicted octanol–water partition coefficient (Wildman–Crippen LogP) is 2.36. The standard InChI is InChI=1S/C13H16Br2N2O3S/c1-13(12(18)16-2)5-6-17(8-13)21(19,20)11-4-3-9(14)7-10(11)15/h3-4,7H,5-6,8H2,1-2H3,(H,16,18). The number of halogens is 2. The molecule has 0 aliphatic carbocycles. The van der Waals surface area contributed by atoms with Crippen LogP contribution < -0.4 is 5.32 Å². The van der Waals surface area contributed by atoms with Crippen LogP contribution in [0.4, 0.5) is 0 Å². The number of hydrogen-bond donors (Lipinski definition) is 1. The van der Waals surface area contributed by atoms with E-state index in [1.165, 1.54) is 4.31 Å². The van der Waals surface area contributed by atoms with Crippen LogP contribution in [-0.4, -0.2) is 38.8 Å². The van der Waals surface area contributed by atoms with E-state index in [-0.39, 0.29) is 17.3 Å². The predicted molar refractivity (Wildman–Crippen MR) is 87.4 cm³/mol. The molecule has 5 nitrogen and oxygen atoms in total.